The Morgan fingerprint density at radius 3 is 2.16 bits per heavy atom. The van der Waals surface area contributed by atoms with Crippen LogP contribution in [-0.4, -0.2) is 81.2 Å². The number of amides is 3. The molecule has 4 atom stereocenters. The molecular weight excluding hydrogens is 482 g/mol. The minimum atomic E-state index is -1.53. The Bertz CT molecular complexity index is 1000. The predicted molar refractivity (Wildman–Crippen MR) is 134 cm³/mol. The molecule has 0 aliphatic heterocycles. The molecule has 10 N–H and O–H groups in total. The molecule has 1 heterocycles. The largest absolute Gasteiger partial charge is 0.480 e. The van der Waals surface area contributed by atoms with Gasteiger partial charge in [-0.15, -0.1) is 0 Å². The standard InChI is InChI=1S/C24H35N7O6/c25-9-5-4-8-18(22(34)31-20(13-32)24(36)37)29-23(35)19(10-15-6-2-1-3-7-15)30-21(33)17(26)11-16-12-27-14-28-16/h1-3,6-7,12,14,17-20,32H,4-5,8-11,13,25-26H2,(H,27,28)(H,29,35)(H,30,33)(H,31,34)(H,36,37). The average Bonchev–Trinajstić information content (AvgIpc) is 3.39. The molecule has 0 spiro atoms. The number of hydrogen-bond donors (Lipinski definition) is 8. The monoisotopic (exact) mass is 517 g/mol. The van der Waals surface area contributed by atoms with E-state index in [2.05, 4.69) is 25.9 Å². The summed E-state index contributed by atoms with van der Waals surface area (Å²) in [6.07, 6.45) is 4.55. The SMILES string of the molecule is NCCCCC(NC(=O)C(Cc1ccccc1)NC(=O)C(N)Cc1cnc[nH]1)C(=O)NC(CO)C(=O)O. The maximum Gasteiger partial charge on any atom is 0.328 e. The number of nitrogens with two attached hydrogens (primary N) is 2. The van der Waals surface area contributed by atoms with E-state index in [1.807, 2.05) is 6.07 Å². The van der Waals surface area contributed by atoms with Crippen molar-refractivity contribution in [3.63, 3.8) is 0 Å². The van der Waals surface area contributed by atoms with Crippen molar-refractivity contribution in [1.82, 2.24) is 25.9 Å². The highest BCUT2D eigenvalue weighted by Crippen LogP contribution is 2.07. The molecule has 37 heavy (non-hydrogen) atoms. The van der Waals surface area contributed by atoms with Crippen LogP contribution in [-0.2, 0) is 32.0 Å². The van der Waals surface area contributed by atoms with Crippen molar-refractivity contribution in [2.45, 2.75) is 56.3 Å². The Labute approximate surface area is 214 Å². The van der Waals surface area contributed by atoms with Crippen molar-refractivity contribution in [2.24, 2.45) is 11.5 Å². The molecule has 0 bridgehead atoms. The second-order valence-corrected chi connectivity index (χ2v) is 8.57. The molecule has 0 saturated carbocycles. The van der Waals surface area contributed by atoms with Crippen molar-refractivity contribution in [3.05, 3.63) is 54.1 Å². The van der Waals surface area contributed by atoms with Gasteiger partial charge in [-0.1, -0.05) is 30.3 Å². The van der Waals surface area contributed by atoms with Gasteiger partial charge < -0.3 is 42.6 Å². The molecule has 3 amide bonds. The van der Waals surface area contributed by atoms with Crippen LogP contribution in [0.1, 0.15) is 30.5 Å². The minimum absolute atomic E-state index is 0.126. The lowest BCUT2D eigenvalue weighted by molar-refractivity contribution is -0.143. The molecule has 4 unspecified atom stereocenters. The third-order valence-corrected chi connectivity index (χ3v) is 5.62. The number of aromatic amines is 1. The molecule has 2 rings (SSSR count). The summed E-state index contributed by atoms with van der Waals surface area (Å²) in [6, 6.07) is 4.32. The molecule has 13 nitrogen and oxygen atoms in total. The van der Waals surface area contributed by atoms with Gasteiger partial charge in [-0.3, -0.25) is 14.4 Å². The molecule has 0 fully saturated rings. The van der Waals surface area contributed by atoms with Gasteiger partial charge in [-0.25, -0.2) is 9.78 Å². The fraction of sp³-hybridized carbons (Fsp3) is 0.458. The number of carboxylic acids is 1. The number of aliphatic hydroxyl groups is 1. The number of benzene rings is 1. The van der Waals surface area contributed by atoms with Crippen LogP contribution in [0.15, 0.2) is 42.9 Å². The van der Waals surface area contributed by atoms with Gasteiger partial charge in [-0.05, 0) is 31.4 Å². The third-order valence-electron chi connectivity index (χ3n) is 5.62. The molecule has 0 saturated heterocycles. The van der Waals surface area contributed by atoms with Gasteiger partial charge >= 0.3 is 5.97 Å². The minimum Gasteiger partial charge on any atom is -0.480 e. The first-order valence-electron chi connectivity index (χ1n) is 12.0. The van der Waals surface area contributed by atoms with Crippen molar-refractivity contribution in [1.29, 1.82) is 0 Å². The quantitative estimate of drug-likeness (QED) is 0.117. The molecule has 0 aliphatic carbocycles. The number of unbranched alkanes of at least 4 members (excludes halogenated alkanes) is 1. The number of imidazole rings is 1. The smallest absolute Gasteiger partial charge is 0.328 e. The number of H-pyrrole nitrogens is 1. The summed E-state index contributed by atoms with van der Waals surface area (Å²) < 4.78 is 0. The van der Waals surface area contributed by atoms with Gasteiger partial charge in [0.05, 0.1) is 19.0 Å². The van der Waals surface area contributed by atoms with Gasteiger partial charge in [0, 0.05) is 24.7 Å². The van der Waals surface area contributed by atoms with E-state index < -0.39 is 54.5 Å². The topological polar surface area (TPSA) is 226 Å². The average molecular weight is 518 g/mol. The Hall–Kier alpha value is -3.81. The summed E-state index contributed by atoms with van der Waals surface area (Å²) in [5, 5.41) is 25.9. The maximum absolute atomic E-state index is 13.3. The second kappa shape index (κ2) is 15.3. The normalized spacial score (nSPS) is 14.1. The number of rotatable bonds is 16. The summed E-state index contributed by atoms with van der Waals surface area (Å²) in [7, 11) is 0. The molecule has 13 heteroatoms. The fourth-order valence-corrected chi connectivity index (χ4v) is 3.56. The number of nitrogens with zero attached hydrogens (tertiary/aromatic N) is 1. The van der Waals surface area contributed by atoms with E-state index in [0.29, 0.717) is 25.1 Å². The highest BCUT2D eigenvalue weighted by molar-refractivity contribution is 5.94. The molecule has 202 valence electrons. The Kier molecular flexibility index (Phi) is 12.2. The molecule has 2 aromatic rings. The molecule has 1 aromatic carbocycles. The van der Waals surface area contributed by atoms with Gasteiger partial charge in [0.2, 0.25) is 17.7 Å². The number of aliphatic hydroxyl groups excluding tert-OH is 1. The second-order valence-electron chi connectivity index (χ2n) is 8.57. The Morgan fingerprint density at radius 2 is 1.57 bits per heavy atom. The van der Waals surface area contributed by atoms with Gasteiger partial charge in [0.1, 0.15) is 18.1 Å². The van der Waals surface area contributed by atoms with Gasteiger partial charge in [0.15, 0.2) is 0 Å². The van der Waals surface area contributed by atoms with E-state index in [1.165, 1.54) is 6.33 Å². The van der Waals surface area contributed by atoms with Crippen molar-refractivity contribution in [3.8, 4) is 0 Å². The van der Waals surface area contributed by atoms with Crippen molar-refractivity contribution in [2.75, 3.05) is 13.2 Å². The van der Waals surface area contributed by atoms with Gasteiger partial charge in [-0.2, -0.15) is 0 Å². The number of carboxylic acid groups (broad SMARTS) is 1. The van der Waals surface area contributed by atoms with E-state index in [0.717, 1.165) is 5.56 Å². The highest BCUT2D eigenvalue weighted by Gasteiger charge is 2.30. The van der Waals surface area contributed by atoms with Crippen molar-refractivity contribution < 1.29 is 29.4 Å². The number of aromatic nitrogens is 2. The summed E-state index contributed by atoms with van der Waals surface area (Å²) in [6.45, 7) is -0.441. The Balaban J connectivity index is 2.17. The number of aliphatic carboxylic acids is 1. The van der Waals surface area contributed by atoms with Crippen LogP contribution in [0.5, 0.6) is 0 Å². The van der Waals surface area contributed by atoms with E-state index in [1.54, 1.807) is 30.5 Å². The first kappa shape index (κ1) is 29.4. The zero-order valence-electron chi connectivity index (χ0n) is 20.4. The summed E-state index contributed by atoms with van der Waals surface area (Å²) in [5.74, 6) is -3.40. The summed E-state index contributed by atoms with van der Waals surface area (Å²) in [4.78, 5) is 56.9. The molecule has 1 aromatic heterocycles. The molecule has 0 radical (unpaired) electrons. The first-order chi connectivity index (χ1) is 17.7. The van der Waals surface area contributed by atoms with Crippen LogP contribution in [0.2, 0.25) is 0 Å². The van der Waals surface area contributed by atoms with Crippen LogP contribution in [0.25, 0.3) is 0 Å². The van der Waals surface area contributed by atoms with E-state index >= 15 is 0 Å². The number of hydrogen-bond acceptors (Lipinski definition) is 8. The highest BCUT2D eigenvalue weighted by atomic mass is 16.4. The van der Waals surface area contributed by atoms with Crippen LogP contribution in [0.3, 0.4) is 0 Å². The number of carbonyl (C=O) groups is 4. The van der Waals surface area contributed by atoms with E-state index in [-0.39, 0.29) is 19.3 Å². The van der Waals surface area contributed by atoms with Gasteiger partial charge in [0.25, 0.3) is 0 Å². The van der Waals surface area contributed by atoms with Crippen molar-refractivity contribution >= 4 is 23.7 Å². The molecule has 0 aliphatic rings. The maximum atomic E-state index is 13.3. The first-order valence-corrected chi connectivity index (χ1v) is 12.0. The lowest BCUT2D eigenvalue weighted by Crippen LogP contribution is -2.58. The predicted octanol–water partition coefficient (Wildman–Crippen LogP) is -1.82. The summed E-state index contributed by atoms with van der Waals surface area (Å²) >= 11 is 0. The van der Waals surface area contributed by atoms with E-state index in [9.17, 15) is 24.3 Å². The number of carbonyl (C=O) groups excluding carboxylic acids is 3. The Morgan fingerprint density at radius 1 is 0.919 bits per heavy atom. The zero-order valence-corrected chi connectivity index (χ0v) is 20.4. The van der Waals surface area contributed by atoms with E-state index in [4.69, 9.17) is 16.6 Å². The lowest BCUT2D eigenvalue weighted by Gasteiger charge is -2.25. The third kappa shape index (κ3) is 9.99. The number of nitrogens with one attached hydrogen (secondary N) is 4. The van der Waals surface area contributed by atoms with Crippen LogP contribution < -0.4 is 27.4 Å². The van der Waals surface area contributed by atoms with Crippen LogP contribution >= 0.6 is 0 Å². The fourth-order valence-electron chi connectivity index (χ4n) is 3.56. The lowest BCUT2D eigenvalue weighted by atomic mass is 10.0. The van der Waals surface area contributed by atoms with Crippen LogP contribution in [0, 0.1) is 0 Å². The molecular formula is C24H35N7O6. The van der Waals surface area contributed by atoms with Crippen LogP contribution in [0.4, 0.5) is 0 Å². The summed E-state index contributed by atoms with van der Waals surface area (Å²) in [5.41, 5.74) is 13.0. The zero-order chi connectivity index (χ0) is 27.2.